The van der Waals surface area contributed by atoms with E-state index in [0.29, 0.717) is 19.5 Å². The smallest absolute Gasteiger partial charge is 0.221 e. The second kappa shape index (κ2) is 8.28. The molecule has 0 aliphatic carbocycles. The van der Waals surface area contributed by atoms with Gasteiger partial charge in [-0.05, 0) is 30.3 Å². The topological polar surface area (TPSA) is 82.2 Å². The number of carbonyl (C=O) groups is 1. The molecule has 7 heteroatoms. The number of halogens is 1. The van der Waals surface area contributed by atoms with Crippen molar-refractivity contribution in [2.45, 2.75) is 13.0 Å². The highest BCUT2D eigenvalue weighted by Crippen LogP contribution is 2.14. The molecule has 0 radical (unpaired) electrons. The van der Waals surface area contributed by atoms with Crippen molar-refractivity contribution in [2.24, 2.45) is 5.73 Å². The summed E-state index contributed by atoms with van der Waals surface area (Å²) in [4.78, 5) is 11.3. The molecule has 0 saturated heterocycles. The summed E-state index contributed by atoms with van der Waals surface area (Å²) in [5.74, 6) is 0.738. The SMILES string of the molecule is COc1ccc(-n2ccc(CNC(=O)CCN)n2)cc1.Cl. The summed E-state index contributed by atoms with van der Waals surface area (Å²) < 4.78 is 6.86. The Bertz CT molecular complexity index is 569. The Labute approximate surface area is 129 Å². The van der Waals surface area contributed by atoms with Gasteiger partial charge >= 0.3 is 0 Å². The Morgan fingerprint density at radius 3 is 2.67 bits per heavy atom. The van der Waals surface area contributed by atoms with Gasteiger partial charge in [-0.25, -0.2) is 4.68 Å². The molecule has 0 atom stereocenters. The van der Waals surface area contributed by atoms with E-state index in [4.69, 9.17) is 10.5 Å². The third-order valence-corrected chi connectivity index (χ3v) is 2.82. The van der Waals surface area contributed by atoms with Crippen molar-refractivity contribution < 1.29 is 9.53 Å². The number of nitrogens with zero attached hydrogens (tertiary/aromatic N) is 2. The first-order valence-corrected chi connectivity index (χ1v) is 6.38. The van der Waals surface area contributed by atoms with Crippen LogP contribution in [0.25, 0.3) is 5.69 Å². The zero-order valence-electron chi connectivity index (χ0n) is 11.8. The molecule has 0 saturated carbocycles. The monoisotopic (exact) mass is 310 g/mol. The van der Waals surface area contributed by atoms with Crippen molar-refractivity contribution in [2.75, 3.05) is 13.7 Å². The Kier molecular flexibility index (Phi) is 6.71. The molecule has 2 rings (SSSR count). The molecule has 0 fully saturated rings. The maximum atomic E-state index is 11.3. The summed E-state index contributed by atoms with van der Waals surface area (Å²) in [6.07, 6.45) is 2.19. The van der Waals surface area contributed by atoms with E-state index < -0.39 is 0 Å². The summed E-state index contributed by atoms with van der Waals surface area (Å²) in [5, 5.41) is 7.17. The van der Waals surface area contributed by atoms with Gasteiger partial charge in [0.25, 0.3) is 0 Å². The Balaban J connectivity index is 0.00000220. The highest BCUT2D eigenvalue weighted by molar-refractivity contribution is 5.85. The summed E-state index contributed by atoms with van der Waals surface area (Å²) in [7, 11) is 1.63. The predicted molar refractivity (Wildman–Crippen MR) is 82.9 cm³/mol. The van der Waals surface area contributed by atoms with Crippen LogP contribution >= 0.6 is 12.4 Å². The molecule has 1 aromatic carbocycles. The van der Waals surface area contributed by atoms with Crippen molar-refractivity contribution in [3.8, 4) is 11.4 Å². The van der Waals surface area contributed by atoms with Crippen LogP contribution in [0.15, 0.2) is 36.5 Å². The van der Waals surface area contributed by atoms with Gasteiger partial charge in [-0.3, -0.25) is 4.79 Å². The predicted octanol–water partition coefficient (Wildman–Crippen LogP) is 1.27. The van der Waals surface area contributed by atoms with Gasteiger partial charge in [-0.1, -0.05) is 0 Å². The van der Waals surface area contributed by atoms with Crippen LogP contribution in [0.3, 0.4) is 0 Å². The molecule has 0 unspecified atom stereocenters. The number of carbonyl (C=O) groups excluding carboxylic acids is 1. The van der Waals surface area contributed by atoms with Crippen molar-refractivity contribution in [3.63, 3.8) is 0 Å². The molecular formula is C14H19ClN4O2. The number of benzene rings is 1. The van der Waals surface area contributed by atoms with E-state index in [-0.39, 0.29) is 18.3 Å². The summed E-state index contributed by atoms with van der Waals surface area (Å²) >= 11 is 0. The number of ether oxygens (including phenoxy) is 1. The standard InChI is InChI=1S/C14H18N4O2.ClH/c1-20-13-4-2-12(3-5-13)18-9-7-11(17-18)10-16-14(19)6-8-15;/h2-5,7,9H,6,8,10,15H2,1H3,(H,16,19);1H. The number of amides is 1. The van der Waals surface area contributed by atoms with Gasteiger partial charge in [-0.15, -0.1) is 12.4 Å². The third-order valence-electron chi connectivity index (χ3n) is 2.82. The molecule has 1 aromatic heterocycles. The lowest BCUT2D eigenvalue weighted by Gasteiger charge is -2.04. The maximum Gasteiger partial charge on any atom is 0.221 e. The zero-order chi connectivity index (χ0) is 14.4. The second-order valence-electron chi connectivity index (χ2n) is 4.27. The van der Waals surface area contributed by atoms with E-state index in [2.05, 4.69) is 10.4 Å². The fourth-order valence-electron chi connectivity index (χ4n) is 1.74. The van der Waals surface area contributed by atoms with E-state index >= 15 is 0 Å². The average molecular weight is 311 g/mol. The molecular weight excluding hydrogens is 292 g/mol. The lowest BCUT2D eigenvalue weighted by Crippen LogP contribution is -2.25. The van der Waals surface area contributed by atoms with E-state index in [9.17, 15) is 4.79 Å². The molecule has 0 aliphatic heterocycles. The highest BCUT2D eigenvalue weighted by atomic mass is 35.5. The molecule has 0 bridgehead atoms. The summed E-state index contributed by atoms with van der Waals surface area (Å²) in [5.41, 5.74) is 7.04. The van der Waals surface area contributed by atoms with Gasteiger partial charge in [0.05, 0.1) is 25.0 Å². The fourth-order valence-corrected chi connectivity index (χ4v) is 1.74. The maximum absolute atomic E-state index is 11.3. The summed E-state index contributed by atoms with van der Waals surface area (Å²) in [6, 6.07) is 9.46. The second-order valence-corrected chi connectivity index (χ2v) is 4.27. The van der Waals surface area contributed by atoms with Crippen molar-refractivity contribution in [1.29, 1.82) is 0 Å². The Morgan fingerprint density at radius 2 is 2.05 bits per heavy atom. The first kappa shape index (κ1) is 17.0. The number of nitrogens with two attached hydrogens (primary N) is 1. The first-order valence-electron chi connectivity index (χ1n) is 6.38. The van der Waals surface area contributed by atoms with Crippen molar-refractivity contribution in [1.82, 2.24) is 15.1 Å². The Morgan fingerprint density at radius 1 is 1.33 bits per heavy atom. The van der Waals surface area contributed by atoms with Crippen molar-refractivity contribution in [3.05, 3.63) is 42.2 Å². The van der Waals surface area contributed by atoms with Gasteiger partial charge in [-0.2, -0.15) is 5.10 Å². The molecule has 3 N–H and O–H groups in total. The van der Waals surface area contributed by atoms with Crippen LogP contribution in [0.1, 0.15) is 12.1 Å². The molecule has 114 valence electrons. The number of aromatic nitrogens is 2. The number of hydrogen-bond donors (Lipinski definition) is 2. The van der Waals surface area contributed by atoms with Gasteiger partial charge in [0, 0.05) is 19.2 Å². The van der Waals surface area contributed by atoms with E-state index in [1.807, 2.05) is 36.5 Å². The van der Waals surface area contributed by atoms with Gasteiger partial charge in [0.1, 0.15) is 5.75 Å². The fraction of sp³-hybridized carbons (Fsp3) is 0.286. The van der Waals surface area contributed by atoms with Gasteiger partial charge in [0.15, 0.2) is 0 Å². The van der Waals surface area contributed by atoms with Crippen LogP contribution in [0.5, 0.6) is 5.75 Å². The van der Waals surface area contributed by atoms with Crippen LogP contribution in [0.4, 0.5) is 0 Å². The number of nitrogens with one attached hydrogen (secondary N) is 1. The molecule has 0 aliphatic rings. The number of hydrogen-bond acceptors (Lipinski definition) is 4. The largest absolute Gasteiger partial charge is 0.497 e. The molecule has 6 nitrogen and oxygen atoms in total. The molecule has 1 amide bonds. The zero-order valence-corrected chi connectivity index (χ0v) is 12.6. The van der Waals surface area contributed by atoms with Crippen LogP contribution in [0, 0.1) is 0 Å². The van der Waals surface area contributed by atoms with E-state index in [1.54, 1.807) is 11.8 Å². The van der Waals surface area contributed by atoms with Crippen LogP contribution in [-0.4, -0.2) is 29.3 Å². The minimum absolute atomic E-state index is 0. The number of methoxy groups -OCH3 is 1. The molecule has 2 aromatic rings. The average Bonchev–Trinajstić information content (AvgIpc) is 2.94. The van der Waals surface area contributed by atoms with Crippen molar-refractivity contribution >= 4 is 18.3 Å². The minimum atomic E-state index is -0.0634. The van der Waals surface area contributed by atoms with E-state index in [1.165, 1.54) is 0 Å². The number of rotatable bonds is 6. The summed E-state index contributed by atoms with van der Waals surface area (Å²) in [6.45, 7) is 0.758. The first-order chi connectivity index (χ1) is 9.72. The van der Waals surface area contributed by atoms with Crippen LogP contribution in [-0.2, 0) is 11.3 Å². The lowest BCUT2D eigenvalue weighted by atomic mass is 10.3. The minimum Gasteiger partial charge on any atom is -0.497 e. The molecule has 1 heterocycles. The van der Waals surface area contributed by atoms with Crippen LogP contribution in [0.2, 0.25) is 0 Å². The third kappa shape index (κ3) is 4.77. The van der Waals surface area contributed by atoms with Crippen LogP contribution < -0.4 is 15.8 Å². The quantitative estimate of drug-likeness (QED) is 0.841. The molecule has 21 heavy (non-hydrogen) atoms. The molecule has 0 spiro atoms. The van der Waals surface area contributed by atoms with Gasteiger partial charge < -0.3 is 15.8 Å². The highest BCUT2D eigenvalue weighted by Gasteiger charge is 2.04. The van der Waals surface area contributed by atoms with E-state index in [0.717, 1.165) is 17.1 Å². The normalized spacial score (nSPS) is 9.81. The Hall–Kier alpha value is -2.05. The lowest BCUT2D eigenvalue weighted by molar-refractivity contribution is -0.121. The van der Waals surface area contributed by atoms with Gasteiger partial charge in [0.2, 0.25) is 5.91 Å².